The van der Waals surface area contributed by atoms with Crippen LogP contribution in [0, 0.1) is 12.3 Å². The number of amides is 1. The Morgan fingerprint density at radius 2 is 2.21 bits per heavy atom. The van der Waals surface area contributed by atoms with Crippen LogP contribution >= 0.6 is 11.3 Å². The summed E-state index contributed by atoms with van der Waals surface area (Å²) < 4.78 is 0. The molecule has 106 valence electrons. The van der Waals surface area contributed by atoms with E-state index in [0.717, 1.165) is 38.8 Å². The zero-order valence-corrected chi connectivity index (χ0v) is 12.7. The fraction of sp³-hybridized carbons (Fsp3) is 0.667. The van der Waals surface area contributed by atoms with Crippen LogP contribution in [0.5, 0.6) is 0 Å². The molecule has 0 radical (unpaired) electrons. The van der Waals surface area contributed by atoms with E-state index in [-0.39, 0.29) is 11.3 Å². The van der Waals surface area contributed by atoms with Crippen molar-refractivity contribution in [3.05, 3.63) is 21.9 Å². The van der Waals surface area contributed by atoms with Crippen molar-refractivity contribution in [3.63, 3.8) is 0 Å². The summed E-state index contributed by atoms with van der Waals surface area (Å²) in [5, 5.41) is 8.61. The molecule has 1 fully saturated rings. The highest BCUT2D eigenvalue weighted by atomic mass is 32.1. The molecule has 1 saturated heterocycles. The van der Waals surface area contributed by atoms with E-state index >= 15 is 0 Å². The van der Waals surface area contributed by atoms with E-state index in [1.54, 1.807) is 11.3 Å². The van der Waals surface area contributed by atoms with Crippen LogP contribution in [-0.4, -0.2) is 19.0 Å². The highest BCUT2D eigenvalue weighted by molar-refractivity contribution is 7.10. The molecule has 0 unspecified atom stereocenters. The minimum Gasteiger partial charge on any atom is -0.351 e. The van der Waals surface area contributed by atoms with Gasteiger partial charge in [0, 0.05) is 4.88 Å². The number of carbonyl (C=O) groups excluding carboxylic acids is 1. The van der Waals surface area contributed by atoms with Gasteiger partial charge in [0.2, 0.25) is 5.91 Å². The molecule has 4 heteroatoms. The first-order valence-electron chi connectivity index (χ1n) is 7.20. The maximum atomic E-state index is 12.6. The molecule has 2 heterocycles. The molecule has 2 rings (SSSR count). The fourth-order valence-electron chi connectivity index (χ4n) is 2.91. The number of hydrogen-bond donors (Lipinski definition) is 2. The molecule has 0 spiro atoms. The second-order valence-electron chi connectivity index (χ2n) is 5.49. The van der Waals surface area contributed by atoms with Crippen molar-refractivity contribution in [1.29, 1.82) is 0 Å². The minimum absolute atomic E-state index is 0.134. The quantitative estimate of drug-likeness (QED) is 0.871. The van der Waals surface area contributed by atoms with Crippen molar-refractivity contribution in [1.82, 2.24) is 10.6 Å². The van der Waals surface area contributed by atoms with Crippen molar-refractivity contribution in [2.24, 2.45) is 5.41 Å². The predicted octanol–water partition coefficient (Wildman–Crippen LogP) is 2.84. The maximum absolute atomic E-state index is 12.6. The molecule has 2 N–H and O–H groups in total. The normalized spacial score (nSPS) is 18.2. The molecular formula is C15H24N2OS. The van der Waals surface area contributed by atoms with Crippen molar-refractivity contribution in [3.8, 4) is 0 Å². The van der Waals surface area contributed by atoms with Crippen LogP contribution in [-0.2, 0) is 11.3 Å². The Morgan fingerprint density at radius 3 is 2.79 bits per heavy atom. The monoisotopic (exact) mass is 280 g/mol. The number of thiophene rings is 1. The predicted molar refractivity (Wildman–Crippen MR) is 80.3 cm³/mol. The van der Waals surface area contributed by atoms with Gasteiger partial charge in [-0.2, -0.15) is 0 Å². The van der Waals surface area contributed by atoms with Crippen LogP contribution in [0.3, 0.4) is 0 Å². The second-order valence-corrected chi connectivity index (χ2v) is 6.49. The van der Waals surface area contributed by atoms with Gasteiger partial charge >= 0.3 is 0 Å². The van der Waals surface area contributed by atoms with E-state index in [2.05, 4.69) is 35.9 Å². The molecule has 0 bridgehead atoms. The van der Waals surface area contributed by atoms with Crippen LogP contribution in [0.1, 0.15) is 43.0 Å². The van der Waals surface area contributed by atoms with Gasteiger partial charge in [-0.15, -0.1) is 11.3 Å². The summed E-state index contributed by atoms with van der Waals surface area (Å²) in [5.41, 5.74) is 1.14. The van der Waals surface area contributed by atoms with Gasteiger partial charge in [-0.3, -0.25) is 4.79 Å². The van der Waals surface area contributed by atoms with E-state index < -0.39 is 0 Å². The van der Waals surface area contributed by atoms with E-state index in [1.807, 2.05) is 0 Å². The van der Waals surface area contributed by atoms with E-state index in [0.29, 0.717) is 6.54 Å². The topological polar surface area (TPSA) is 41.1 Å². The molecule has 19 heavy (non-hydrogen) atoms. The third-order valence-electron chi connectivity index (χ3n) is 4.15. The van der Waals surface area contributed by atoms with Gasteiger partial charge in [0.1, 0.15) is 0 Å². The first-order valence-corrected chi connectivity index (χ1v) is 8.08. The Kier molecular flexibility index (Phi) is 4.99. The summed E-state index contributed by atoms with van der Waals surface area (Å²) in [5.74, 6) is 0.253. The summed E-state index contributed by atoms with van der Waals surface area (Å²) in [4.78, 5) is 13.9. The third kappa shape index (κ3) is 3.37. The number of carbonyl (C=O) groups is 1. The minimum atomic E-state index is -0.134. The number of rotatable bonds is 5. The Hall–Kier alpha value is -0.870. The van der Waals surface area contributed by atoms with Crippen molar-refractivity contribution in [2.45, 2.75) is 46.1 Å². The summed E-state index contributed by atoms with van der Waals surface area (Å²) in [7, 11) is 0. The molecule has 0 atom stereocenters. The Labute approximate surface area is 119 Å². The Balaban J connectivity index is 1.97. The molecule has 1 aliphatic rings. The lowest BCUT2D eigenvalue weighted by atomic mass is 9.74. The van der Waals surface area contributed by atoms with Gasteiger partial charge in [0.15, 0.2) is 0 Å². The maximum Gasteiger partial charge on any atom is 0.226 e. The molecule has 1 aromatic rings. The second kappa shape index (κ2) is 6.53. The van der Waals surface area contributed by atoms with Gasteiger partial charge in [-0.1, -0.05) is 13.3 Å². The zero-order chi connectivity index (χ0) is 13.7. The lowest BCUT2D eigenvalue weighted by Gasteiger charge is -2.36. The largest absolute Gasteiger partial charge is 0.351 e. The molecule has 0 aromatic carbocycles. The fourth-order valence-corrected chi connectivity index (χ4v) is 3.75. The summed E-state index contributed by atoms with van der Waals surface area (Å²) in [6.07, 6.45) is 4.02. The average Bonchev–Trinajstić information content (AvgIpc) is 2.83. The molecule has 1 aromatic heterocycles. The van der Waals surface area contributed by atoms with Crippen LogP contribution < -0.4 is 10.6 Å². The first kappa shape index (κ1) is 14.5. The van der Waals surface area contributed by atoms with E-state index in [9.17, 15) is 4.79 Å². The summed E-state index contributed by atoms with van der Waals surface area (Å²) in [6.45, 7) is 6.88. The summed E-state index contributed by atoms with van der Waals surface area (Å²) >= 11 is 1.72. The third-order valence-corrected chi connectivity index (χ3v) is 5.17. The molecule has 1 aliphatic heterocycles. The van der Waals surface area contributed by atoms with Crippen molar-refractivity contribution in [2.75, 3.05) is 13.1 Å². The number of hydrogen-bond acceptors (Lipinski definition) is 3. The lowest BCUT2D eigenvalue weighted by molar-refractivity contribution is -0.133. The number of nitrogens with one attached hydrogen (secondary N) is 2. The van der Waals surface area contributed by atoms with Gasteiger partial charge in [-0.25, -0.2) is 0 Å². The molecule has 3 nitrogen and oxygen atoms in total. The Morgan fingerprint density at radius 1 is 1.47 bits per heavy atom. The smallest absolute Gasteiger partial charge is 0.226 e. The van der Waals surface area contributed by atoms with Crippen molar-refractivity contribution >= 4 is 17.2 Å². The van der Waals surface area contributed by atoms with Gasteiger partial charge < -0.3 is 10.6 Å². The standard InChI is InChI=1S/C15H24N2OS/c1-3-5-15(6-8-16-9-7-15)14(18)17-11-13-12(2)4-10-19-13/h4,10,16H,3,5-9,11H2,1-2H3,(H,17,18). The SMILES string of the molecule is CCCC1(C(=O)NCc2sccc2C)CCNCC1. The van der Waals surface area contributed by atoms with E-state index in [1.165, 1.54) is 10.4 Å². The average molecular weight is 280 g/mol. The Bertz CT molecular complexity index is 416. The molecular weight excluding hydrogens is 256 g/mol. The first-order chi connectivity index (χ1) is 9.18. The van der Waals surface area contributed by atoms with Gasteiger partial charge in [0.05, 0.1) is 12.0 Å². The zero-order valence-electron chi connectivity index (χ0n) is 11.9. The number of piperidine rings is 1. The van der Waals surface area contributed by atoms with Crippen LogP contribution in [0.2, 0.25) is 0 Å². The van der Waals surface area contributed by atoms with Crippen LogP contribution in [0.4, 0.5) is 0 Å². The van der Waals surface area contributed by atoms with Gasteiger partial charge in [0.25, 0.3) is 0 Å². The highest BCUT2D eigenvalue weighted by Crippen LogP contribution is 2.34. The van der Waals surface area contributed by atoms with Crippen LogP contribution in [0.25, 0.3) is 0 Å². The van der Waals surface area contributed by atoms with Crippen molar-refractivity contribution < 1.29 is 4.79 Å². The highest BCUT2D eigenvalue weighted by Gasteiger charge is 2.38. The number of aryl methyl sites for hydroxylation is 1. The molecule has 0 aliphatic carbocycles. The molecule has 0 saturated carbocycles. The lowest BCUT2D eigenvalue weighted by Crippen LogP contribution is -2.47. The summed E-state index contributed by atoms with van der Waals surface area (Å²) in [6, 6.07) is 2.11. The van der Waals surface area contributed by atoms with Gasteiger partial charge in [-0.05, 0) is 56.3 Å². The van der Waals surface area contributed by atoms with Crippen LogP contribution in [0.15, 0.2) is 11.4 Å². The molecule has 1 amide bonds. The van der Waals surface area contributed by atoms with E-state index in [4.69, 9.17) is 0 Å².